The van der Waals surface area contributed by atoms with E-state index in [1.807, 2.05) is 13.8 Å². The first-order valence-corrected chi connectivity index (χ1v) is 6.21. The van der Waals surface area contributed by atoms with Crippen LogP contribution in [0.15, 0.2) is 10.5 Å². The van der Waals surface area contributed by atoms with E-state index in [2.05, 4.69) is 12.6 Å². The molecule has 2 nitrogen and oxygen atoms in total. The predicted molar refractivity (Wildman–Crippen MR) is 53.2 cm³/mol. The third-order valence-electron chi connectivity index (χ3n) is 0.741. The Labute approximate surface area is 74.9 Å². The zero-order valence-electron chi connectivity index (χ0n) is 7.33. The van der Waals surface area contributed by atoms with Gasteiger partial charge in [-0.3, -0.25) is 0 Å². The molecule has 0 saturated heterocycles. The number of thiol groups is 1. The van der Waals surface area contributed by atoms with Crippen LogP contribution < -0.4 is 0 Å². The van der Waals surface area contributed by atoms with Crippen molar-refractivity contribution >= 4 is 22.6 Å². The van der Waals surface area contributed by atoms with Crippen molar-refractivity contribution in [1.29, 1.82) is 0 Å². The van der Waals surface area contributed by atoms with E-state index >= 15 is 0 Å². The lowest BCUT2D eigenvalue weighted by molar-refractivity contribution is 0.171. The minimum atomic E-state index is -1.88. The highest BCUT2D eigenvalue weighted by molar-refractivity contribution is 8.04. The highest BCUT2D eigenvalue weighted by Gasteiger charge is 2.10. The van der Waals surface area contributed by atoms with Crippen molar-refractivity contribution in [2.24, 2.45) is 0 Å². The zero-order chi connectivity index (χ0) is 9.07. The number of ether oxygens (including phenoxy) is 1. The van der Waals surface area contributed by atoms with Gasteiger partial charge >= 0.3 is 0 Å². The van der Waals surface area contributed by atoms with Crippen LogP contribution in [0.2, 0.25) is 0 Å². The van der Waals surface area contributed by atoms with Gasteiger partial charge in [-0.1, -0.05) is 0 Å². The fraction of sp³-hybridized carbons (Fsp3) is 0.714. The average Bonchev–Trinajstić information content (AvgIpc) is 1.53. The maximum atomic E-state index is 11.2. The van der Waals surface area contributed by atoms with Gasteiger partial charge in [0.05, 0.1) is 6.10 Å². The standard InChI is InChI=1S/C7H14O2S2/c1-6(2)9-7(10)5-11(3,4)8/h5-6H,1-4H3/p+1. The Morgan fingerprint density at radius 3 is 2.27 bits per heavy atom. The van der Waals surface area contributed by atoms with Crippen molar-refractivity contribution < 1.29 is 8.95 Å². The second-order valence-electron chi connectivity index (χ2n) is 2.93. The largest absolute Gasteiger partial charge is 0.481 e. The molecule has 0 N–H and O–H groups in total. The molecule has 0 spiro atoms. The maximum absolute atomic E-state index is 11.2. The third kappa shape index (κ3) is 7.94. The highest BCUT2D eigenvalue weighted by atomic mass is 32.2. The molecule has 0 fully saturated rings. The monoisotopic (exact) mass is 195 g/mol. The van der Waals surface area contributed by atoms with Crippen LogP contribution in [0.1, 0.15) is 13.8 Å². The van der Waals surface area contributed by atoms with Crippen molar-refractivity contribution in [1.82, 2.24) is 0 Å². The molecule has 0 atom stereocenters. The molecule has 0 aromatic heterocycles. The first-order valence-electron chi connectivity index (χ1n) is 3.33. The van der Waals surface area contributed by atoms with Crippen LogP contribution in [0.4, 0.5) is 0 Å². The fourth-order valence-electron chi connectivity index (χ4n) is 0.512. The van der Waals surface area contributed by atoms with E-state index in [-0.39, 0.29) is 6.10 Å². The lowest BCUT2D eigenvalue weighted by Gasteiger charge is -2.07. The molecule has 66 valence electrons. The molecule has 0 aliphatic rings. The summed E-state index contributed by atoms with van der Waals surface area (Å²) in [5.74, 6) is 0. The quantitative estimate of drug-likeness (QED) is 0.423. The molecule has 11 heavy (non-hydrogen) atoms. The van der Waals surface area contributed by atoms with Gasteiger partial charge in [-0.25, -0.2) is 0 Å². The van der Waals surface area contributed by atoms with Crippen LogP contribution in [0.5, 0.6) is 0 Å². The van der Waals surface area contributed by atoms with E-state index in [0.29, 0.717) is 5.09 Å². The molecule has 0 unspecified atom stereocenters. The van der Waals surface area contributed by atoms with Gasteiger partial charge in [-0.15, -0.1) is 16.8 Å². The van der Waals surface area contributed by atoms with Crippen molar-refractivity contribution in [3.05, 3.63) is 10.5 Å². The smallest absolute Gasteiger partial charge is 0.197 e. The first kappa shape index (κ1) is 11.0. The van der Waals surface area contributed by atoms with Crippen LogP contribution in [0.3, 0.4) is 0 Å². The molecular weight excluding hydrogens is 180 g/mol. The minimum absolute atomic E-state index is 0.0838. The molecular formula is C7H15O2S2+. The lowest BCUT2D eigenvalue weighted by atomic mass is 10.5. The molecule has 0 heterocycles. The SMILES string of the molecule is CC(C)O/C(S)=C/[S+](C)(C)=O. The summed E-state index contributed by atoms with van der Waals surface area (Å²) in [7, 11) is -1.88. The Kier molecular flexibility index (Phi) is 4.18. The van der Waals surface area contributed by atoms with E-state index in [9.17, 15) is 4.21 Å². The van der Waals surface area contributed by atoms with Crippen LogP contribution in [-0.2, 0) is 18.9 Å². The molecule has 0 bridgehead atoms. The number of rotatable bonds is 3. The summed E-state index contributed by atoms with van der Waals surface area (Å²) in [6, 6.07) is 0. The maximum Gasteiger partial charge on any atom is 0.197 e. The molecule has 0 amide bonds. The second kappa shape index (κ2) is 4.16. The Morgan fingerprint density at radius 1 is 1.55 bits per heavy atom. The zero-order valence-corrected chi connectivity index (χ0v) is 9.04. The Bertz CT molecular complexity index is 191. The van der Waals surface area contributed by atoms with Crippen molar-refractivity contribution in [3.63, 3.8) is 0 Å². The molecule has 0 aromatic carbocycles. The highest BCUT2D eigenvalue weighted by Crippen LogP contribution is 2.10. The summed E-state index contributed by atoms with van der Waals surface area (Å²) in [6.45, 7) is 3.80. The van der Waals surface area contributed by atoms with Gasteiger partial charge in [0.1, 0.15) is 22.4 Å². The minimum Gasteiger partial charge on any atom is -0.481 e. The normalized spacial score (nSPS) is 13.8. The third-order valence-corrected chi connectivity index (χ3v) is 1.93. The van der Waals surface area contributed by atoms with E-state index in [4.69, 9.17) is 4.74 Å². The van der Waals surface area contributed by atoms with Gasteiger partial charge in [-0.2, -0.15) is 0 Å². The van der Waals surface area contributed by atoms with Crippen molar-refractivity contribution in [2.75, 3.05) is 12.5 Å². The Hall–Kier alpha value is 0.0400. The van der Waals surface area contributed by atoms with Crippen molar-refractivity contribution in [2.45, 2.75) is 20.0 Å². The van der Waals surface area contributed by atoms with Gasteiger partial charge in [-0.05, 0) is 13.8 Å². The van der Waals surface area contributed by atoms with Crippen LogP contribution in [0, 0.1) is 0 Å². The van der Waals surface area contributed by atoms with E-state index in [1.54, 1.807) is 12.5 Å². The summed E-state index contributed by atoms with van der Waals surface area (Å²) in [5, 5.41) is 1.98. The summed E-state index contributed by atoms with van der Waals surface area (Å²) >= 11 is 4.02. The van der Waals surface area contributed by atoms with Crippen LogP contribution in [-0.4, -0.2) is 18.6 Å². The second-order valence-corrected chi connectivity index (χ2v) is 6.23. The molecule has 0 aromatic rings. The van der Waals surface area contributed by atoms with E-state index < -0.39 is 9.93 Å². The Morgan fingerprint density at radius 2 is 2.00 bits per heavy atom. The Balaban J connectivity index is 4.13. The first-order chi connectivity index (χ1) is 4.81. The molecule has 0 rings (SSSR count). The van der Waals surface area contributed by atoms with Crippen molar-refractivity contribution in [3.8, 4) is 0 Å². The van der Waals surface area contributed by atoms with Gasteiger partial charge < -0.3 is 4.74 Å². The summed E-state index contributed by atoms with van der Waals surface area (Å²) < 4.78 is 16.3. The van der Waals surface area contributed by atoms with E-state index in [0.717, 1.165) is 0 Å². The lowest BCUT2D eigenvalue weighted by Crippen LogP contribution is -2.04. The number of hydrogen-bond donors (Lipinski definition) is 1. The van der Waals surface area contributed by atoms with Gasteiger partial charge in [0, 0.05) is 0 Å². The molecule has 0 saturated carbocycles. The molecule has 0 aliphatic carbocycles. The summed E-state index contributed by atoms with van der Waals surface area (Å²) in [5.41, 5.74) is 0. The fourth-order valence-corrected chi connectivity index (χ4v) is 2.03. The average molecular weight is 195 g/mol. The van der Waals surface area contributed by atoms with Gasteiger partial charge in [0.2, 0.25) is 0 Å². The molecule has 0 radical (unpaired) electrons. The van der Waals surface area contributed by atoms with Crippen LogP contribution >= 0.6 is 12.6 Å². The van der Waals surface area contributed by atoms with E-state index in [1.165, 1.54) is 5.41 Å². The van der Waals surface area contributed by atoms with Gasteiger partial charge in [0.15, 0.2) is 10.5 Å². The topological polar surface area (TPSA) is 26.3 Å². The number of hydrogen-bond acceptors (Lipinski definition) is 3. The molecule has 4 heteroatoms. The predicted octanol–water partition coefficient (Wildman–Crippen LogP) is 1.90. The van der Waals surface area contributed by atoms with Crippen LogP contribution in [0.25, 0.3) is 0 Å². The summed E-state index contributed by atoms with van der Waals surface area (Å²) in [4.78, 5) is 0. The molecule has 0 aliphatic heterocycles. The van der Waals surface area contributed by atoms with Gasteiger partial charge in [0.25, 0.3) is 0 Å². The summed E-state index contributed by atoms with van der Waals surface area (Å²) in [6.07, 6.45) is 3.38.